The zero-order chi connectivity index (χ0) is 42.2. The monoisotopic (exact) mass is 816 g/mol. The second-order valence-electron chi connectivity index (χ2n) is 17.5. The molecule has 8 rings (SSSR count). The molecule has 4 aromatic rings. The summed E-state index contributed by atoms with van der Waals surface area (Å²) in [5.41, 5.74) is 5.39. The molecule has 14 heteroatoms. The van der Waals surface area contributed by atoms with Crippen LogP contribution in [0, 0.1) is 23.7 Å². The molecule has 2 aliphatic carbocycles. The number of aromatic amines is 1. The van der Waals surface area contributed by atoms with E-state index in [1.807, 2.05) is 38.8 Å². The summed E-state index contributed by atoms with van der Waals surface area (Å²) < 4.78 is 9.50. The van der Waals surface area contributed by atoms with Crippen LogP contribution in [0.5, 0.6) is 0 Å². The van der Waals surface area contributed by atoms with Gasteiger partial charge in [0.2, 0.25) is 11.8 Å². The predicted molar refractivity (Wildman–Crippen MR) is 229 cm³/mol. The smallest absolute Gasteiger partial charge is 0.407 e. The highest BCUT2D eigenvalue weighted by molar-refractivity contribution is 5.96. The number of piperidine rings is 1. The van der Waals surface area contributed by atoms with E-state index in [-0.39, 0.29) is 47.8 Å². The Morgan fingerprint density at radius 2 is 1.53 bits per heavy atom. The fourth-order valence-electron chi connectivity index (χ4n) is 8.95. The average molecular weight is 817 g/mol. The SMILES string of the molecule is COC(=O)N[C@H](C(=O)N[C@@H]1C[C@@H]1CCc1ncc(-c2cccc(-c3ccc4cc(C5CN=C([C@@H]6C[C@H]7C[C@H]7N6C(=O)[C@@H](NC(=O)OC)C(C)C)N5)ccc4c3)c2)[nH]1)C(C)C. The first-order valence-electron chi connectivity index (χ1n) is 21.2. The highest BCUT2D eigenvalue weighted by Crippen LogP contribution is 2.49. The van der Waals surface area contributed by atoms with Crippen LogP contribution in [0.4, 0.5) is 9.59 Å². The second kappa shape index (κ2) is 17.0. The molecule has 4 amide bonds. The number of amides is 4. The van der Waals surface area contributed by atoms with Gasteiger partial charge in [-0.2, -0.15) is 0 Å². The number of benzene rings is 3. The van der Waals surface area contributed by atoms with Crippen molar-refractivity contribution in [2.24, 2.45) is 28.7 Å². The Balaban J connectivity index is 0.869. The second-order valence-corrected chi connectivity index (χ2v) is 17.5. The Hall–Kier alpha value is -5.92. The third-order valence-electron chi connectivity index (χ3n) is 12.6. The standard InChI is InChI=1S/C46H56N8O6/c1-24(2)40(52-45(57)59-5)43(55)51-34-19-32(34)14-15-39-47-22-35(49-39)30-9-7-8-26(17-30)27-10-11-29-18-31(13-12-28(29)16-27)36-23-48-42(50-36)38-21-33-20-37(33)54(38)44(56)41(25(3)4)53-46(58)60-6/h7-13,16-18,22,24-25,32-34,36-38,40-41H,14-15,19-21,23H2,1-6H3,(H,47,49)(H,48,50)(H,51,55)(H,52,57)(H,53,58)/t32-,33+,34+,36?,37+,38-,40-,41-/m0/s1. The number of amidine groups is 1. The lowest BCUT2D eigenvalue weighted by atomic mass is 9.97. The van der Waals surface area contributed by atoms with Crippen LogP contribution >= 0.6 is 0 Å². The molecule has 1 unspecified atom stereocenters. The van der Waals surface area contributed by atoms with Gasteiger partial charge in [-0.25, -0.2) is 14.6 Å². The van der Waals surface area contributed by atoms with Gasteiger partial charge in [0.25, 0.3) is 0 Å². The summed E-state index contributed by atoms with van der Waals surface area (Å²) in [6, 6.07) is 20.5. The third-order valence-corrected chi connectivity index (χ3v) is 12.6. The molecule has 14 nitrogen and oxygen atoms in total. The summed E-state index contributed by atoms with van der Waals surface area (Å²) in [6.45, 7) is 8.25. The first-order valence-corrected chi connectivity index (χ1v) is 21.2. The number of aromatic nitrogens is 2. The summed E-state index contributed by atoms with van der Waals surface area (Å²) in [4.78, 5) is 65.5. The van der Waals surface area contributed by atoms with Crippen molar-refractivity contribution < 1.29 is 28.7 Å². The number of aliphatic imine (C=N–C) groups is 1. The van der Waals surface area contributed by atoms with Gasteiger partial charge in [-0.05, 0) is 95.0 Å². The van der Waals surface area contributed by atoms with Crippen LogP contribution in [0.25, 0.3) is 33.2 Å². The first-order chi connectivity index (χ1) is 28.9. The molecule has 0 bridgehead atoms. The molecule has 2 aliphatic heterocycles. The summed E-state index contributed by atoms with van der Waals surface area (Å²) in [7, 11) is 2.60. The van der Waals surface area contributed by atoms with Gasteiger partial charge in [-0.15, -0.1) is 0 Å². The van der Waals surface area contributed by atoms with Crippen LogP contribution in [0.3, 0.4) is 0 Å². The van der Waals surface area contributed by atoms with E-state index in [0.717, 1.165) is 82.5 Å². The van der Waals surface area contributed by atoms with Gasteiger partial charge in [0.1, 0.15) is 23.7 Å². The molecule has 1 saturated heterocycles. The number of carbonyl (C=O) groups excluding carboxylic acids is 4. The highest BCUT2D eigenvalue weighted by atomic mass is 16.5. The molecule has 5 N–H and O–H groups in total. The highest BCUT2D eigenvalue weighted by Gasteiger charge is 2.57. The van der Waals surface area contributed by atoms with Crippen molar-refractivity contribution in [3.63, 3.8) is 0 Å². The van der Waals surface area contributed by atoms with Crippen LogP contribution in [0.1, 0.15) is 70.8 Å². The summed E-state index contributed by atoms with van der Waals surface area (Å²) in [6.07, 6.45) is 5.13. The van der Waals surface area contributed by atoms with Gasteiger partial charge < -0.3 is 40.6 Å². The molecule has 316 valence electrons. The molecular formula is C46H56N8O6. The Kier molecular flexibility index (Phi) is 11.6. The van der Waals surface area contributed by atoms with Crippen LogP contribution in [0.15, 0.2) is 71.9 Å². The van der Waals surface area contributed by atoms with Gasteiger partial charge in [0, 0.05) is 24.1 Å². The maximum absolute atomic E-state index is 13.8. The molecule has 2 saturated carbocycles. The number of carbonyl (C=O) groups is 4. The van der Waals surface area contributed by atoms with Gasteiger partial charge in [0.15, 0.2) is 0 Å². The molecule has 1 aromatic heterocycles. The van der Waals surface area contributed by atoms with Crippen LogP contribution in [-0.4, -0.2) is 95.7 Å². The predicted octanol–water partition coefficient (Wildman–Crippen LogP) is 6.13. The summed E-state index contributed by atoms with van der Waals surface area (Å²) in [5, 5.41) is 14.4. The Bertz CT molecular complexity index is 2300. The summed E-state index contributed by atoms with van der Waals surface area (Å²) >= 11 is 0. The molecular weight excluding hydrogens is 761 g/mol. The van der Waals surface area contributed by atoms with E-state index in [4.69, 9.17) is 9.73 Å². The number of rotatable bonds is 14. The minimum absolute atomic E-state index is 0.00826. The normalized spacial score (nSPS) is 23.7. The molecule has 3 aromatic carbocycles. The molecule has 0 radical (unpaired) electrons. The minimum Gasteiger partial charge on any atom is -0.453 e. The number of nitrogens with one attached hydrogen (secondary N) is 5. The van der Waals surface area contributed by atoms with Gasteiger partial charge in [0.05, 0.1) is 44.7 Å². The van der Waals surface area contributed by atoms with Crippen LogP contribution < -0.4 is 21.3 Å². The molecule has 4 aliphatic rings. The maximum atomic E-state index is 13.8. The van der Waals surface area contributed by atoms with E-state index in [9.17, 15) is 19.2 Å². The molecule has 8 atom stereocenters. The lowest BCUT2D eigenvalue weighted by Crippen LogP contribution is -2.56. The quantitative estimate of drug-likeness (QED) is 0.101. The number of methoxy groups -OCH3 is 2. The number of nitrogens with zero attached hydrogens (tertiary/aromatic N) is 3. The number of H-pyrrole nitrogens is 1. The summed E-state index contributed by atoms with van der Waals surface area (Å²) in [5.74, 6) is 2.20. The zero-order valence-corrected chi connectivity index (χ0v) is 35.2. The number of likely N-dealkylation sites (tertiary alicyclic amines) is 1. The topological polar surface area (TPSA) is 179 Å². The number of aryl methyl sites for hydroxylation is 1. The Morgan fingerprint density at radius 1 is 0.833 bits per heavy atom. The van der Waals surface area contributed by atoms with Crippen molar-refractivity contribution in [3.8, 4) is 22.4 Å². The zero-order valence-electron chi connectivity index (χ0n) is 35.2. The number of imidazole rings is 1. The number of hydrogen-bond acceptors (Lipinski definition) is 9. The van der Waals surface area contributed by atoms with Gasteiger partial charge in [-0.3, -0.25) is 14.6 Å². The van der Waals surface area contributed by atoms with Crippen molar-refractivity contribution in [1.82, 2.24) is 36.1 Å². The lowest BCUT2D eigenvalue weighted by Gasteiger charge is -2.33. The number of ether oxygens (including phenoxy) is 2. The Morgan fingerprint density at radius 3 is 2.28 bits per heavy atom. The minimum atomic E-state index is -0.659. The molecule has 3 heterocycles. The van der Waals surface area contributed by atoms with E-state index in [0.29, 0.717) is 18.4 Å². The van der Waals surface area contributed by atoms with Gasteiger partial charge >= 0.3 is 12.2 Å². The Labute approximate surface area is 350 Å². The number of hydrogen-bond donors (Lipinski definition) is 5. The molecule has 0 spiro atoms. The van der Waals surface area contributed by atoms with Crippen molar-refractivity contribution in [2.75, 3.05) is 20.8 Å². The molecule has 60 heavy (non-hydrogen) atoms. The van der Waals surface area contributed by atoms with E-state index in [1.54, 1.807) is 0 Å². The fourth-order valence-corrected chi connectivity index (χ4v) is 8.95. The third kappa shape index (κ3) is 8.69. The largest absolute Gasteiger partial charge is 0.453 e. The lowest BCUT2D eigenvalue weighted by molar-refractivity contribution is -0.135. The van der Waals surface area contributed by atoms with E-state index in [2.05, 4.69) is 96.6 Å². The van der Waals surface area contributed by atoms with E-state index >= 15 is 0 Å². The maximum Gasteiger partial charge on any atom is 0.407 e. The van der Waals surface area contributed by atoms with Crippen LogP contribution in [-0.2, 0) is 25.5 Å². The first kappa shape index (κ1) is 40.8. The number of fused-ring (bicyclic) bond motifs is 2. The van der Waals surface area contributed by atoms with Crippen molar-refractivity contribution in [3.05, 3.63) is 78.2 Å². The van der Waals surface area contributed by atoms with Gasteiger partial charge in [-0.1, -0.05) is 70.2 Å². The van der Waals surface area contributed by atoms with Crippen molar-refractivity contribution in [2.45, 2.75) is 96.1 Å². The molecule has 3 fully saturated rings. The van der Waals surface area contributed by atoms with Crippen molar-refractivity contribution in [1.29, 1.82) is 0 Å². The van der Waals surface area contributed by atoms with E-state index in [1.165, 1.54) is 14.2 Å². The van der Waals surface area contributed by atoms with Crippen LogP contribution in [0.2, 0.25) is 0 Å². The average Bonchev–Trinajstić information content (AvgIpc) is 3.94. The van der Waals surface area contributed by atoms with E-state index < -0.39 is 24.3 Å². The van der Waals surface area contributed by atoms with Crippen molar-refractivity contribution >= 4 is 40.6 Å². The number of alkyl carbamates (subject to hydrolysis) is 2. The fraction of sp³-hybridized carbons (Fsp3) is 0.478.